The average molecular weight is 636 g/mol. The molecule has 1 saturated heterocycles. The van der Waals surface area contributed by atoms with Gasteiger partial charge < -0.3 is 14.3 Å². The Hall–Kier alpha value is -3.42. The molecular weight excluding hydrogens is 606 g/mol. The van der Waals surface area contributed by atoms with Crippen molar-refractivity contribution in [2.24, 2.45) is 11.1 Å². The minimum Gasteiger partial charge on any atom is -0.497 e. The number of thiazole rings is 1. The number of rotatable bonds is 12. The van der Waals surface area contributed by atoms with Gasteiger partial charge in [0, 0.05) is 28.5 Å². The summed E-state index contributed by atoms with van der Waals surface area (Å²) in [4.78, 5) is 62.8. The predicted molar refractivity (Wildman–Crippen MR) is 157 cm³/mol. The summed E-state index contributed by atoms with van der Waals surface area (Å²) < 4.78 is 23.8. The molecule has 0 N–H and O–H groups in total. The van der Waals surface area contributed by atoms with Crippen molar-refractivity contribution in [1.82, 2.24) is 9.88 Å². The number of amides is 1. The minimum atomic E-state index is -1.62. The molecule has 224 valence electrons. The van der Waals surface area contributed by atoms with Gasteiger partial charge >= 0.3 is 5.97 Å². The Kier molecular flexibility index (Phi) is 9.63. The Bertz CT molecular complexity index is 1500. The second-order valence-electron chi connectivity index (χ2n) is 10.2. The molecule has 11 nitrogen and oxygen atoms in total. The van der Waals surface area contributed by atoms with E-state index in [9.17, 15) is 23.4 Å². The number of hydrogen-bond donors (Lipinski definition) is 0. The highest BCUT2D eigenvalue weighted by molar-refractivity contribution is 7.86. The van der Waals surface area contributed by atoms with Crippen LogP contribution in [-0.4, -0.2) is 73.0 Å². The number of benzene rings is 1. The standard InChI is InChI=1S/C28H30ClN3O8S2/c1-15(33)28(3,4)40-31-23(21-13-41-16(2)30-21)22(34)10-20-25(35)32-24(18(11-29)14-42(37)26(20)32)27(36)39-12-17-6-8-19(38-5)9-7-17/h6-9,13,20,26H,10-12,14H2,1-5H3/b31-23+/t20-,26-,42?/m1/s1. The summed E-state index contributed by atoms with van der Waals surface area (Å²) in [6.07, 6.45) is -0.352. The van der Waals surface area contributed by atoms with Crippen LogP contribution in [0.15, 0.2) is 46.1 Å². The number of Topliss-reactive ketones (excluding diaryl/α,β-unsaturated/α-hetero) is 2. The third-order valence-electron chi connectivity index (χ3n) is 6.94. The highest BCUT2D eigenvalue weighted by atomic mass is 35.5. The zero-order valence-corrected chi connectivity index (χ0v) is 26.1. The summed E-state index contributed by atoms with van der Waals surface area (Å²) in [6, 6.07) is 6.93. The monoisotopic (exact) mass is 635 g/mol. The van der Waals surface area contributed by atoms with Gasteiger partial charge in [0.25, 0.3) is 0 Å². The van der Waals surface area contributed by atoms with Crippen molar-refractivity contribution in [3.05, 3.63) is 57.2 Å². The highest BCUT2D eigenvalue weighted by Crippen LogP contribution is 2.41. The Morgan fingerprint density at radius 1 is 1.24 bits per heavy atom. The number of alkyl halides is 1. The number of ketones is 2. The van der Waals surface area contributed by atoms with E-state index in [1.165, 1.54) is 32.1 Å². The van der Waals surface area contributed by atoms with Crippen molar-refractivity contribution < 1.29 is 37.7 Å². The lowest BCUT2D eigenvalue weighted by Gasteiger charge is -2.49. The van der Waals surface area contributed by atoms with Crippen molar-refractivity contribution in [2.45, 2.75) is 51.7 Å². The topological polar surface area (TPSA) is 142 Å². The second kappa shape index (κ2) is 12.8. The predicted octanol–water partition coefficient (Wildman–Crippen LogP) is 3.29. The number of halogens is 1. The number of fused-ring (bicyclic) bond motifs is 1. The number of β-lactam (4-membered cyclic amide) rings is 1. The SMILES string of the molecule is COc1ccc(COC(=O)C2=C(CCl)CS(=O)[C@@H]3[C@H](CC(=O)/C(=N/OC(C)(C)C(C)=O)c4csc(C)n4)C(=O)N23)cc1. The molecule has 3 heterocycles. The third kappa shape index (κ3) is 6.47. The van der Waals surface area contributed by atoms with E-state index in [-0.39, 0.29) is 47.5 Å². The van der Waals surface area contributed by atoms with Crippen LogP contribution in [0.1, 0.15) is 43.5 Å². The van der Waals surface area contributed by atoms with E-state index in [4.69, 9.17) is 25.9 Å². The van der Waals surface area contributed by atoms with Gasteiger partial charge in [-0.1, -0.05) is 17.3 Å². The van der Waals surface area contributed by atoms with Gasteiger partial charge in [0.05, 0.1) is 23.8 Å². The number of ether oxygens (including phenoxy) is 2. The van der Waals surface area contributed by atoms with Gasteiger partial charge in [0.15, 0.2) is 22.9 Å². The molecule has 1 unspecified atom stereocenters. The second-order valence-corrected chi connectivity index (χ2v) is 13.1. The van der Waals surface area contributed by atoms with Crippen LogP contribution in [0, 0.1) is 12.8 Å². The molecule has 42 heavy (non-hydrogen) atoms. The molecule has 2 aromatic rings. The molecule has 0 bridgehead atoms. The van der Waals surface area contributed by atoms with Gasteiger partial charge in [-0.2, -0.15) is 0 Å². The molecule has 0 saturated carbocycles. The van der Waals surface area contributed by atoms with Crippen LogP contribution in [0.3, 0.4) is 0 Å². The van der Waals surface area contributed by atoms with E-state index in [2.05, 4.69) is 10.1 Å². The normalized spacial score (nSPS) is 20.5. The largest absolute Gasteiger partial charge is 0.497 e. The molecule has 2 aliphatic heterocycles. The van der Waals surface area contributed by atoms with E-state index in [1.54, 1.807) is 43.7 Å². The van der Waals surface area contributed by atoms with Crippen LogP contribution in [0.5, 0.6) is 5.75 Å². The minimum absolute atomic E-state index is 0.0439. The van der Waals surface area contributed by atoms with Gasteiger partial charge in [-0.25, -0.2) is 9.78 Å². The summed E-state index contributed by atoms with van der Waals surface area (Å²) in [6.45, 7) is 6.06. The van der Waals surface area contributed by atoms with Crippen molar-refractivity contribution >= 4 is 62.9 Å². The summed E-state index contributed by atoms with van der Waals surface area (Å²) in [5, 5.41) is 5.34. The lowest BCUT2D eigenvalue weighted by atomic mass is 9.89. The van der Waals surface area contributed by atoms with Crippen molar-refractivity contribution in [2.75, 3.05) is 18.7 Å². The molecule has 2 aliphatic rings. The molecule has 0 spiro atoms. The number of hydrogen-bond acceptors (Lipinski definition) is 11. The number of carbonyl (C=O) groups is 4. The number of nitrogens with zero attached hydrogens (tertiary/aromatic N) is 3. The zero-order valence-electron chi connectivity index (χ0n) is 23.7. The third-order valence-corrected chi connectivity index (χ3v) is 9.75. The first kappa shape index (κ1) is 31.5. The molecule has 1 aromatic carbocycles. The molecule has 14 heteroatoms. The van der Waals surface area contributed by atoms with Crippen LogP contribution in [0.2, 0.25) is 0 Å². The van der Waals surface area contributed by atoms with E-state index in [0.29, 0.717) is 21.9 Å². The number of aromatic nitrogens is 1. The first-order chi connectivity index (χ1) is 19.9. The lowest BCUT2D eigenvalue weighted by Crippen LogP contribution is -2.66. The van der Waals surface area contributed by atoms with Crippen LogP contribution in [-0.2, 0) is 46.2 Å². The smallest absolute Gasteiger partial charge is 0.355 e. The van der Waals surface area contributed by atoms with Crippen molar-refractivity contribution in [1.29, 1.82) is 0 Å². The van der Waals surface area contributed by atoms with E-state index >= 15 is 0 Å². The van der Waals surface area contributed by atoms with Gasteiger partial charge in [-0.3, -0.25) is 23.5 Å². The Balaban J connectivity index is 1.53. The first-order valence-electron chi connectivity index (χ1n) is 12.9. The molecule has 3 atom stereocenters. The summed E-state index contributed by atoms with van der Waals surface area (Å²) in [5.74, 6) is -2.71. The quantitative estimate of drug-likeness (QED) is 0.113. The van der Waals surface area contributed by atoms with E-state index in [1.807, 2.05) is 0 Å². The molecule has 4 rings (SSSR count). The average Bonchev–Trinajstić information content (AvgIpc) is 3.39. The van der Waals surface area contributed by atoms with Gasteiger partial charge in [0.2, 0.25) is 5.91 Å². The summed E-state index contributed by atoms with van der Waals surface area (Å²) in [7, 11) is -0.0825. The van der Waals surface area contributed by atoms with Gasteiger partial charge in [0.1, 0.15) is 29.1 Å². The van der Waals surface area contributed by atoms with Crippen molar-refractivity contribution in [3.8, 4) is 5.75 Å². The van der Waals surface area contributed by atoms with E-state index in [0.717, 1.165) is 4.90 Å². The number of carbonyl (C=O) groups excluding carboxylic acids is 4. The summed E-state index contributed by atoms with van der Waals surface area (Å²) >= 11 is 7.37. The molecule has 0 aliphatic carbocycles. The van der Waals surface area contributed by atoms with E-state index < -0.39 is 45.4 Å². The first-order valence-corrected chi connectivity index (χ1v) is 15.7. The number of aryl methyl sites for hydroxylation is 1. The zero-order chi connectivity index (χ0) is 30.8. The molecule has 1 aromatic heterocycles. The van der Waals surface area contributed by atoms with Crippen LogP contribution < -0.4 is 4.74 Å². The number of esters is 1. The fourth-order valence-corrected chi connectivity index (χ4v) is 6.97. The molecule has 1 amide bonds. The fourth-order valence-electron chi connectivity index (χ4n) is 4.26. The van der Waals surface area contributed by atoms with Gasteiger partial charge in [-0.05, 0) is 51.0 Å². The number of oxime groups is 1. The maximum atomic E-state index is 13.5. The summed E-state index contributed by atoms with van der Waals surface area (Å²) in [5.41, 5.74) is -0.240. The van der Waals surface area contributed by atoms with Crippen LogP contribution in [0.4, 0.5) is 0 Å². The van der Waals surface area contributed by atoms with Crippen LogP contribution in [0.25, 0.3) is 0 Å². The van der Waals surface area contributed by atoms with Crippen LogP contribution >= 0.6 is 22.9 Å². The Morgan fingerprint density at radius 2 is 1.93 bits per heavy atom. The maximum Gasteiger partial charge on any atom is 0.355 e. The Labute approximate surface area is 254 Å². The molecular formula is C28H30ClN3O8S2. The highest BCUT2D eigenvalue weighted by Gasteiger charge is 2.57. The molecule has 0 radical (unpaired) electrons. The molecule has 1 fully saturated rings. The van der Waals surface area contributed by atoms with Crippen molar-refractivity contribution in [3.63, 3.8) is 0 Å². The number of methoxy groups -OCH3 is 1. The maximum absolute atomic E-state index is 13.5. The Morgan fingerprint density at radius 3 is 2.50 bits per heavy atom. The fraction of sp³-hybridized carbons (Fsp3) is 0.429. The lowest BCUT2D eigenvalue weighted by molar-refractivity contribution is -0.156. The van der Waals surface area contributed by atoms with Gasteiger partial charge in [-0.15, -0.1) is 22.9 Å².